The van der Waals surface area contributed by atoms with Crippen molar-refractivity contribution >= 4 is 28.8 Å². The zero-order valence-electron chi connectivity index (χ0n) is 15.9. The molecule has 1 fully saturated rings. The summed E-state index contributed by atoms with van der Waals surface area (Å²) in [6.45, 7) is 4.68. The fourth-order valence-corrected chi connectivity index (χ4v) is 4.00. The standard InChI is InChI=1S/C22H24N2O3S/c1-15-3-2-4-18(13-15)23-22(28)24-9-7-16(8-10-24)21(25)17-5-6-19-20(14-17)27-12-11-26-19/h2-6,13-14,16H,7-12H2,1H3,(H,23,28). The van der Waals surface area contributed by atoms with E-state index in [0.29, 0.717) is 30.3 Å². The van der Waals surface area contributed by atoms with Gasteiger partial charge in [-0.25, -0.2) is 0 Å². The summed E-state index contributed by atoms with van der Waals surface area (Å²) in [6.07, 6.45) is 1.59. The first-order valence-corrected chi connectivity index (χ1v) is 10.1. The molecule has 0 saturated carbocycles. The molecule has 0 spiro atoms. The summed E-state index contributed by atoms with van der Waals surface area (Å²) in [7, 11) is 0. The van der Waals surface area contributed by atoms with Crippen molar-refractivity contribution in [3.05, 3.63) is 53.6 Å². The summed E-state index contributed by atoms with van der Waals surface area (Å²) in [6, 6.07) is 13.6. The summed E-state index contributed by atoms with van der Waals surface area (Å²) >= 11 is 5.56. The maximum Gasteiger partial charge on any atom is 0.173 e. The summed E-state index contributed by atoms with van der Waals surface area (Å²) in [5.74, 6) is 1.57. The van der Waals surface area contributed by atoms with Crippen molar-refractivity contribution in [2.75, 3.05) is 31.6 Å². The van der Waals surface area contributed by atoms with Gasteiger partial charge < -0.3 is 19.7 Å². The fourth-order valence-electron chi connectivity index (χ4n) is 3.70. The molecule has 0 radical (unpaired) electrons. The number of aryl methyl sites for hydroxylation is 1. The van der Waals surface area contributed by atoms with Crippen molar-refractivity contribution in [2.24, 2.45) is 5.92 Å². The molecule has 28 heavy (non-hydrogen) atoms. The van der Waals surface area contributed by atoms with E-state index in [1.54, 1.807) is 0 Å². The number of piperidine rings is 1. The predicted molar refractivity (Wildman–Crippen MR) is 113 cm³/mol. The van der Waals surface area contributed by atoms with E-state index in [0.717, 1.165) is 36.7 Å². The number of anilines is 1. The number of carbonyl (C=O) groups excluding carboxylic acids is 1. The van der Waals surface area contributed by atoms with Gasteiger partial charge in [0.05, 0.1) is 0 Å². The molecule has 4 rings (SSSR count). The molecule has 2 aliphatic heterocycles. The maximum atomic E-state index is 12.9. The Morgan fingerprint density at radius 1 is 1.07 bits per heavy atom. The molecule has 0 unspecified atom stereocenters. The third kappa shape index (κ3) is 4.12. The van der Waals surface area contributed by atoms with Crippen LogP contribution in [0.15, 0.2) is 42.5 Å². The Kier molecular flexibility index (Phi) is 5.48. The molecule has 0 aromatic heterocycles. The van der Waals surface area contributed by atoms with Crippen LogP contribution in [0, 0.1) is 12.8 Å². The summed E-state index contributed by atoms with van der Waals surface area (Å²) in [5.41, 5.74) is 2.89. The van der Waals surface area contributed by atoms with Crippen LogP contribution in [-0.4, -0.2) is 42.1 Å². The lowest BCUT2D eigenvalue weighted by atomic mass is 9.89. The zero-order valence-corrected chi connectivity index (χ0v) is 16.8. The van der Waals surface area contributed by atoms with Crippen LogP contribution in [0.3, 0.4) is 0 Å². The normalized spacial score (nSPS) is 16.5. The third-order valence-electron chi connectivity index (χ3n) is 5.25. The van der Waals surface area contributed by atoms with Crippen LogP contribution in [0.1, 0.15) is 28.8 Å². The lowest BCUT2D eigenvalue weighted by molar-refractivity contribution is 0.0872. The number of Topliss-reactive ketones (excluding diaryl/α,β-unsaturated/α-hetero) is 1. The molecule has 2 heterocycles. The molecule has 1 saturated heterocycles. The lowest BCUT2D eigenvalue weighted by Crippen LogP contribution is -2.42. The molecule has 5 nitrogen and oxygen atoms in total. The lowest BCUT2D eigenvalue weighted by Gasteiger charge is -2.33. The van der Waals surface area contributed by atoms with Crippen molar-refractivity contribution in [1.82, 2.24) is 4.90 Å². The van der Waals surface area contributed by atoms with Gasteiger partial charge in [-0.05, 0) is 67.9 Å². The van der Waals surface area contributed by atoms with Crippen LogP contribution in [0.5, 0.6) is 11.5 Å². The number of ether oxygens (including phenoxy) is 2. The Bertz CT molecular complexity index is 891. The molecule has 0 bridgehead atoms. The highest BCUT2D eigenvalue weighted by Crippen LogP contribution is 2.32. The molecule has 2 aromatic rings. The van der Waals surface area contributed by atoms with E-state index in [4.69, 9.17) is 21.7 Å². The van der Waals surface area contributed by atoms with Crippen LogP contribution < -0.4 is 14.8 Å². The monoisotopic (exact) mass is 396 g/mol. The minimum absolute atomic E-state index is 0.0144. The van der Waals surface area contributed by atoms with Crippen LogP contribution in [0.2, 0.25) is 0 Å². The average Bonchev–Trinajstić information content (AvgIpc) is 2.73. The number of hydrogen-bond donors (Lipinski definition) is 1. The largest absolute Gasteiger partial charge is 0.486 e. The van der Waals surface area contributed by atoms with Crippen LogP contribution in [0.4, 0.5) is 5.69 Å². The number of ketones is 1. The molecule has 2 aliphatic rings. The number of carbonyl (C=O) groups is 1. The summed E-state index contributed by atoms with van der Waals surface area (Å²) in [4.78, 5) is 15.1. The van der Waals surface area contributed by atoms with Crippen molar-refractivity contribution in [3.8, 4) is 11.5 Å². The highest BCUT2D eigenvalue weighted by atomic mass is 32.1. The topological polar surface area (TPSA) is 50.8 Å². The Labute approximate surface area is 170 Å². The SMILES string of the molecule is Cc1cccc(NC(=S)N2CCC(C(=O)c3ccc4c(c3)OCCO4)CC2)c1. The number of benzene rings is 2. The first kappa shape index (κ1) is 18.7. The van der Waals surface area contributed by atoms with Crippen molar-refractivity contribution in [3.63, 3.8) is 0 Å². The van der Waals surface area contributed by atoms with Gasteiger partial charge in [0, 0.05) is 30.3 Å². The molecule has 0 atom stereocenters. The van der Waals surface area contributed by atoms with Crippen LogP contribution in [-0.2, 0) is 0 Å². The van der Waals surface area contributed by atoms with E-state index in [1.807, 2.05) is 30.3 Å². The van der Waals surface area contributed by atoms with Crippen molar-refractivity contribution < 1.29 is 14.3 Å². The van der Waals surface area contributed by atoms with Gasteiger partial charge in [0.1, 0.15) is 13.2 Å². The minimum Gasteiger partial charge on any atom is -0.486 e. The minimum atomic E-state index is 0.0144. The van der Waals surface area contributed by atoms with E-state index in [-0.39, 0.29) is 11.7 Å². The van der Waals surface area contributed by atoms with Gasteiger partial charge in [0.25, 0.3) is 0 Å². The number of rotatable bonds is 3. The molecular weight excluding hydrogens is 372 g/mol. The molecule has 0 amide bonds. The second-order valence-corrected chi connectivity index (χ2v) is 7.67. The van der Waals surface area contributed by atoms with Crippen molar-refractivity contribution in [2.45, 2.75) is 19.8 Å². The van der Waals surface area contributed by atoms with Gasteiger partial charge in [-0.2, -0.15) is 0 Å². The average molecular weight is 397 g/mol. The molecule has 6 heteroatoms. The predicted octanol–water partition coefficient (Wildman–Crippen LogP) is 4.06. The van der Waals surface area contributed by atoms with Gasteiger partial charge in [0.15, 0.2) is 22.4 Å². The Balaban J connectivity index is 1.34. The summed E-state index contributed by atoms with van der Waals surface area (Å²) < 4.78 is 11.1. The van der Waals surface area contributed by atoms with E-state index >= 15 is 0 Å². The number of fused-ring (bicyclic) bond motifs is 1. The number of thiocarbonyl (C=S) groups is 1. The highest BCUT2D eigenvalue weighted by molar-refractivity contribution is 7.80. The van der Waals surface area contributed by atoms with Gasteiger partial charge in [-0.15, -0.1) is 0 Å². The quantitative estimate of drug-likeness (QED) is 0.624. The molecule has 0 aliphatic carbocycles. The molecule has 2 aromatic carbocycles. The fraction of sp³-hybridized carbons (Fsp3) is 0.364. The van der Waals surface area contributed by atoms with Crippen LogP contribution >= 0.6 is 12.2 Å². The van der Waals surface area contributed by atoms with Gasteiger partial charge >= 0.3 is 0 Å². The molecule has 146 valence electrons. The second kappa shape index (κ2) is 8.19. The second-order valence-electron chi connectivity index (χ2n) is 7.28. The highest BCUT2D eigenvalue weighted by Gasteiger charge is 2.27. The number of nitrogens with one attached hydrogen (secondary N) is 1. The molecular formula is C22H24N2O3S. The van der Waals surface area contributed by atoms with E-state index in [2.05, 4.69) is 29.3 Å². The number of likely N-dealkylation sites (tertiary alicyclic amines) is 1. The Morgan fingerprint density at radius 2 is 1.82 bits per heavy atom. The maximum absolute atomic E-state index is 12.9. The van der Waals surface area contributed by atoms with E-state index in [1.165, 1.54) is 5.56 Å². The van der Waals surface area contributed by atoms with Crippen LogP contribution in [0.25, 0.3) is 0 Å². The van der Waals surface area contributed by atoms with E-state index < -0.39 is 0 Å². The van der Waals surface area contributed by atoms with Gasteiger partial charge in [-0.3, -0.25) is 4.79 Å². The van der Waals surface area contributed by atoms with Crippen molar-refractivity contribution in [1.29, 1.82) is 0 Å². The number of hydrogen-bond acceptors (Lipinski definition) is 4. The third-order valence-corrected chi connectivity index (χ3v) is 5.61. The first-order chi connectivity index (χ1) is 13.6. The molecule has 1 N–H and O–H groups in total. The Hall–Kier alpha value is -2.60. The number of nitrogens with zero attached hydrogens (tertiary/aromatic N) is 1. The zero-order chi connectivity index (χ0) is 19.5. The smallest absolute Gasteiger partial charge is 0.173 e. The summed E-state index contributed by atoms with van der Waals surface area (Å²) in [5, 5.41) is 4.02. The first-order valence-electron chi connectivity index (χ1n) is 9.66. The van der Waals surface area contributed by atoms with E-state index in [9.17, 15) is 4.79 Å². The van der Waals surface area contributed by atoms with Gasteiger partial charge in [-0.1, -0.05) is 12.1 Å². The Morgan fingerprint density at radius 3 is 2.57 bits per heavy atom. The van der Waals surface area contributed by atoms with Gasteiger partial charge in [0.2, 0.25) is 0 Å².